The third kappa shape index (κ3) is 1.51. The van der Waals surface area contributed by atoms with Crippen LogP contribution in [0.2, 0.25) is 0 Å². The summed E-state index contributed by atoms with van der Waals surface area (Å²) in [5.41, 5.74) is 5.17. The van der Waals surface area contributed by atoms with Gasteiger partial charge in [0.25, 0.3) is 5.56 Å². The second kappa shape index (κ2) is 3.81. The summed E-state index contributed by atoms with van der Waals surface area (Å²) in [6.45, 7) is 0. The molecule has 0 fully saturated rings. The van der Waals surface area contributed by atoms with Gasteiger partial charge in [0.1, 0.15) is 0 Å². The van der Waals surface area contributed by atoms with Gasteiger partial charge in [-0.3, -0.25) is 4.79 Å². The number of H-pyrrole nitrogens is 1. The molecule has 4 rings (SSSR count). The van der Waals surface area contributed by atoms with E-state index < -0.39 is 0 Å². The molecule has 19 heavy (non-hydrogen) atoms. The van der Waals surface area contributed by atoms with Crippen LogP contribution in [0.15, 0.2) is 51.7 Å². The Morgan fingerprint density at radius 1 is 1.11 bits per heavy atom. The molecule has 1 N–H and O–H groups in total. The molecule has 92 valence electrons. The molecule has 2 nitrogen and oxygen atoms in total. The Kier molecular flexibility index (Phi) is 2.21. The summed E-state index contributed by atoms with van der Waals surface area (Å²) in [5.74, 6) is 0. The van der Waals surface area contributed by atoms with Crippen molar-refractivity contribution in [1.82, 2.24) is 4.98 Å². The van der Waals surface area contributed by atoms with E-state index in [-0.39, 0.29) is 5.56 Å². The van der Waals surface area contributed by atoms with Gasteiger partial charge in [-0.15, -0.1) is 0 Å². The van der Waals surface area contributed by atoms with Crippen molar-refractivity contribution >= 4 is 26.8 Å². The molecule has 0 saturated heterocycles. The van der Waals surface area contributed by atoms with Gasteiger partial charge in [-0.1, -0.05) is 40.2 Å². The topological polar surface area (TPSA) is 32.9 Å². The standard InChI is InChI=1S/C16H10BrNO/c17-10-6-5-9-7-13-11-3-1-2-4-14(11)18-16(19)15(13)12(9)8-10/h1-6,8H,7H2,(H,18,19). The van der Waals surface area contributed by atoms with Crippen LogP contribution >= 0.6 is 15.9 Å². The van der Waals surface area contributed by atoms with Crippen LogP contribution in [-0.4, -0.2) is 4.98 Å². The minimum Gasteiger partial charge on any atom is -0.321 e. The van der Waals surface area contributed by atoms with Crippen LogP contribution in [0.1, 0.15) is 11.1 Å². The van der Waals surface area contributed by atoms with Crippen LogP contribution in [0.4, 0.5) is 0 Å². The molecule has 3 heteroatoms. The highest BCUT2D eigenvalue weighted by atomic mass is 79.9. The predicted molar refractivity (Wildman–Crippen MR) is 80.5 cm³/mol. The van der Waals surface area contributed by atoms with Gasteiger partial charge in [-0.2, -0.15) is 0 Å². The Balaban J connectivity index is 2.16. The highest BCUT2D eigenvalue weighted by molar-refractivity contribution is 9.10. The molecule has 0 unspecified atom stereocenters. The summed E-state index contributed by atoms with van der Waals surface area (Å²) >= 11 is 3.48. The second-order valence-corrected chi connectivity index (χ2v) is 5.75. The summed E-state index contributed by atoms with van der Waals surface area (Å²) in [5, 5.41) is 1.14. The molecule has 2 aromatic carbocycles. The third-order valence-electron chi connectivity index (χ3n) is 3.74. The molecular weight excluding hydrogens is 302 g/mol. The van der Waals surface area contributed by atoms with Gasteiger partial charge >= 0.3 is 0 Å². The molecule has 1 aliphatic carbocycles. The molecule has 0 bridgehead atoms. The van der Waals surface area contributed by atoms with Crippen molar-refractivity contribution in [3.05, 3.63) is 68.4 Å². The molecule has 1 aliphatic rings. The lowest BCUT2D eigenvalue weighted by molar-refractivity contribution is 1.25. The number of aromatic amines is 1. The first kappa shape index (κ1) is 11.0. The van der Waals surface area contributed by atoms with E-state index in [0.29, 0.717) is 0 Å². The monoisotopic (exact) mass is 311 g/mol. The molecule has 0 atom stereocenters. The van der Waals surface area contributed by atoms with Crippen molar-refractivity contribution in [3.8, 4) is 11.1 Å². The normalized spacial score (nSPS) is 12.5. The van der Waals surface area contributed by atoms with Crippen molar-refractivity contribution < 1.29 is 0 Å². The lowest BCUT2D eigenvalue weighted by Crippen LogP contribution is -2.09. The highest BCUT2D eigenvalue weighted by Crippen LogP contribution is 2.38. The van der Waals surface area contributed by atoms with Gasteiger partial charge in [-0.25, -0.2) is 0 Å². The molecule has 1 heterocycles. The van der Waals surface area contributed by atoms with E-state index in [9.17, 15) is 4.79 Å². The number of rotatable bonds is 0. The highest BCUT2D eigenvalue weighted by Gasteiger charge is 2.23. The fourth-order valence-corrected chi connectivity index (χ4v) is 3.27. The van der Waals surface area contributed by atoms with E-state index >= 15 is 0 Å². The van der Waals surface area contributed by atoms with Crippen molar-refractivity contribution in [2.75, 3.05) is 0 Å². The van der Waals surface area contributed by atoms with Gasteiger partial charge in [0.15, 0.2) is 0 Å². The maximum absolute atomic E-state index is 12.3. The molecular formula is C16H10BrNO. The number of pyridine rings is 1. The van der Waals surface area contributed by atoms with E-state index in [1.807, 2.05) is 30.3 Å². The lowest BCUT2D eigenvalue weighted by Gasteiger charge is -2.04. The van der Waals surface area contributed by atoms with Crippen molar-refractivity contribution in [2.24, 2.45) is 0 Å². The largest absolute Gasteiger partial charge is 0.321 e. The first-order valence-electron chi connectivity index (χ1n) is 6.17. The fourth-order valence-electron chi connectivity index (χ4n) is 2.91. The molecule has 0 aliphatic heterocycles. The van der Waals surface area contributed by atoms with Crippen molar-refractivity contribution in [3.63, 3.8) is 0 Å². The van der Waals surface area contributed by atoms with Crippen LogP contribution in [0, 0.1) is 0 Å². The van der Waals surface area contributed by atoms with Crippen molar-refractivity contribution in [1.29, 1.82) is 0 Å². The summed E-state index contributed by atoms with van der Waals surface area (Å²) in [6, 6.07) is 14.1. The zero-order valence-corrected chi connectivity index (χ0v) is 11.6. The molecule has 3 aromatic rings. The first-order chi connectivity index (χ1) is 9.24. The zero-order chi connectivity index (χ0) is 13.0. The number of nitrogens with one attached hydrogen (secondary N) is 1. The van der Waals surface area contributed by atoms with Gasteiger partial charge in [0, 0.05) is 15.4 Å². The Bertz CT molecular complexity index is 880. The number of halogens is 1. The van der Waals surface area contributed by atoms with Gasteiger partial charge in [0.05, 0.1) is 5.56 Å². The average molecular weight is 312 g/mol. The van der Waals surface area contributed by atoms with Crippen molar-refractivity contribution in [2.45, 2.75) is 6.42 Å². The molecule has 0 amide bonds. The number of aromatic nitrogens is 1. The van der Waals surface area contributed by atoms with E-state index in [4.69, 9.17) is 0 Å². The molecule has 1 aromatic heterocycles. The van der Waals surface area contributed by atoms with E-state index in [2.05, 4.69) is 33.0 Å². The van der Waals surface area contributed by atoms with Crippen LogP contribution in [0.5, 0.6) is 0 Å². The third-order valence-corrected chi connectivity index (χ3v) is 4.23. The Hall–Kier alpha value is -1.87. The van der Waals surface area contributed by atoms with E-state index in [1.165, 1.54) is 5.56 Å². The number of hydrogen-bond donors (Lipinski definition) is 1. The SMILES string of the molecule is O=c1[nH]c2ccccc2c2c1-c1cc(Br)ccc1C2. The van der Waals surface area contributed by atoms with Crippen LogP contribution < -0.4 is 5.56 Å². The average Bonchev–Trinajstić information content (AvgIpc) is 2.78. The van der Waals surface area contributed by atoms with E-state index in [1.54, 1.807) is 0 Å². The van der Waals surface area contributed by atoms with E-state index in [0.717, 1.165) is 38.5 Å². The lowest BCUT2D eigenvalue weighted by atomic mass is 10.0. The Labute approximate surface area is 118 Å². The maximum atomic E-state index is 12.3. The van der Waals surface area contributed by atoms with Gasteiger partial charge in [0.2, 0.25) is 0 Å². The Morgan fingerprint density at radius 3 is 2.84 bits per heavy atom. The molecule has 0 spiro atoms. The van der Waals surface area contributed by atoms with Gasteiger partial charge in [-0.05, 0) is 41.3 Å². The zero-order valence-electron chi connectivity index (χ0n) is 10.0. The number of fused-ring (bicyclic) bond motifs is 5. The van der Waals surface area contributed by atoms with Crippen LogP contribution in [0.3, 0.4) is 0 Å². The maximum Gasteiger partial charge on any atom is 0.256 e. The van der Waals surface area contributed by atoms with Crippen LogP contribution in [0.25, 0.3) is 22.0 Å². The smallest absolute Gasteiger partial charge is 0.256 e. The van der Waals surface area contributed by atoms with Gasteiger partial charge < -0.3 is 4.98 Å². The summed E-state index contributed by atoms with van der Waals surface area (Å²) < 4.78 is 1.01. The summed E-state index contributed by atoms with van der Waals surface area (Å²) in [6.07, 6.45) is 0.836. The quantitative estimate of drug-likeness (QED) is 0.525. The Morgan fingerprint density at radius 2 is 1.95 bits per heavy atom. The number of para-hydroxylation sites is 1. The minimum atomic E-state index is 0.00514. The number of hydrogen-bond acceptors (Lipinski definition) is 1. The number of benzene rings is 2. The second-order valence-electron chi connectivity index (χ2n) is 4.83. The summed E-state index contributed by atoms with van der Waals surface area (Å²) in [4.78, 5) is 15.3. The predicted octanol–water partition coefficient (Wildman–Crippen LogP) is 3.86. The molecule has 0 saturated carbocycles. The fraction of sp³-hybridized carbons (Fsp3) is 0.0625. The summed E-state index contributed by atoms with van der Waals surface area (Å²) in [7, 11) is 0. The molecule has 0 radical (unpaired) electrons. The first-order valence-corrected chi connectivity index (χ1v) is 6.96. The van der Waals surface area contributed by atoms with Crippen LogP contribution in [-0.2, 0) is 6.42 Å². The minimum absolute atomic E-state index is 0.00514.